The number of hydrogen-bond donors (Lipinski definition) is 2. The van der Waals surface area contributed by atoms with E-state index in [1.165, 1.54) is 16.9 Å². The van der Waals surface area contributed by atoms with Gasteiger partial charge in [-0.1, -0.05) is 20.8 Å². The first-order chi connectivity index (χ1) is 12.7. The van der Waals surface area contributed by atoms with Crippen LogP contribution in [0.5, 0.6) is 0 Å². The molecule has 2 atom stereocenters. The number of furan rings is 1. The van der Waals surface area contributed by atoms with Gasteiger partial charge in [0, 0.05) is 4.88 Å². The van der Waals surface area contributed by atoms with Crippen molar-refractivity contribution in [2.24, 2.45) is 11.3 Å². The van der Waals surface area contributed by atoms with Gasteiger partial charge < -0.3 is 15.1 Å². The SMILES string of the molecule is CC(NC(=O)c1cc2c(s1)CCC(C(C)(C)C)C2)C(=O)NCc1ccco1. The van der Waals surface area contributed by atoms with E-state index in [1.807, 2.05) is 6.07 Å². The molecule has 1 aliphatic carbocycles. The van der Waals surface area contributed by atoms with Crippen LogP contribution in [0.25, 0.3) is 0 Å². The minimum absolute atomic E-state index is 0.178. The lowest BCUT2D eigenvalue weighted by Crippen LogP contribution is -2.44. The Morgan fingerprint density at radius 3 is 2.81 bits per heavy atom. The molecule has 6 heteroatoms. The van der Waals surface area contributed by atoms with Gasteiger partial charge in [-0.25, -0.2) is 0 Å². The second kappa shape index (κ2) is 7.89. The number of carbonyl (C=O) groups is 2. The molecule has 2 heterocycles. The lowest BCUT2D eigenvalue weighted by Gasteiger charge is -2.33. The van der Waals surface area contributed by atoms with Gasteiger partial charge in [-0.05, 0) is 61.3 Å². The van der Waals surface area contributed by atoms with E-state index in [9.17, 15) is 9.59 Å². The van der Waals surface area contributed by atoms with Crippen LogP contribution in [0.2, 0.25) is 0 Å². The summed E-state index contributed by atoms with van der Waals surface area (Å²) in [5.41, 5.74) is 1.58. The number of nitrogens with one attached hydrogen (secondary N) is 2. The molecule has 2 aromatic heterocycles. The molecule has 2 unspecified atom stereocenters. The van der Waals surface area contributed by atoms with Gasteiger partial charge in [0.2, 0.25) is 5.91 Å². The smallest absolute Gasteiger partial charge is 0.262 e. The number of aryl methyl sites for hydroxylation is 1. The van der Waals surface area contributed by atoms with Crippen molar-refractivity contribution in [3.05, 3.63) is 45.5 Å². The molecule has 0 bridgehead atoms. The van der Waals surface area contributed by atoms with Crippen LogP contribution < -0.4 is 10.6 Å². The molecule has 146 valence electrons. The van der Waals surface area contributed by atoms with Gasteiger partial charge in [0.15, 0.2) is 0 Å². The molecule has 0 saturated heterocycles. The fourth-order valence-electron chi connectivity index (χ4n) is 3.45. The third-order valence-corrected chi connectivity index (χ3v) is 6.53. The summed E-state index contributed by atoms with van der Waals surface area (Å²) in [5.74, 6) is 0.916. The summed E-state index contributed by atoms with van der Waals surface area (Å²) in [7, 11) is 0. The number of thiophene rings is 1. The molecule has 0 spiro atoms. The molecule has 0 aliphatic heterocycles. The van der Waals surface area contributed by atoms with E-state index >= 15 is 0 Å². The topological polar surface area (TPSA) is 71.3 Å². The van der Waals surface area contributed by atoms with Gasteiger partial charge in [0.05, 0.1) is 17.7 Å². The van der Waals surface area contributed by atoms with E-state index in [-0.39, 0.29) is 17.2 Å². The highest BCUT2D eigenvalue weighted by Gasteiger charge is 2.30. The van der Waals surface area contributed by atoms with E-state index in [1.54, 1.807) is 36.7 Å². The molecule has 0 radical (unpaired) electrons. The maximum absolute atomic E-state index is 12.6. The van der Waals surface area contributed by atoms with E-state index < -0.39 is 6.04 Å². The summed E-state index contributed by atoms with van der Waals surface area (Å²) in [5, 5.41) is 5.57. The van der Waals surface area contributed by atoms with Crippen molar-refractivity contribution in [3.63, 3.8) is 0 Å². The molecule has 2 N–H and O–H groups in total. The van der Waals surface area contributed by atoms with Crippen LogP contribution in [0.4, 0.5) is 0 Å². The maximum atomic E-state index is 12.6. The lowest BCUT2D eigenvalue weighted by atomic mass is 9.72. The van der Waals surface area contributed by atoms with E-state index in [4.69, 9.17) is 4.42 Å². The lowest BCUT2D eigenvalue weighted by molar-refractivity contribution is -0.122. The molecule has 0 fully saturated rings. The largest absolute Gasteiger partial charge is 0.467 e. The van der Waals surface area contributed by atoms with Gasteiger partial charge in [-0.3, -0.25) is 9.59 Å². The van der Waals surface area contributed by atoms with Crippen LogP contribution in [0.3, 0.4) is 0 Å². The third kappa shape index (κ3) is 4.80. The number of rotatable bonds is 5. The summed E-state index contributed by atoms with van der Waals surface area (Å²) >= 11 is 1.56. The van der Waals surface area contributed by atoms with Crippen LogP contribution in [0, 0.1) is 11.3 Å². The van der Waals surface area contributed by atoms with Gasteiger partial charge in [0.1, 0.15) is 11.8 Å². The number of amides is 2. The standard InChI is InChI=1S/C21H28N2O3S/c1-13(19(24)22-12-16-6-5-9-26-16)23-20(25)18-11-14-10-15(21(2,3)4)7-8-17(14)27-18/h5-6,9,11,13,15H,7-8,10,12H2,1-4H3,(H,22,24)(H,23,25). The second-order valence-corrected chi connectivity index (χ2v) is 9.49. The van der Waals surface area contributed by atoms with Gasteiger partial charge >= 0.3 is 0 Å². The number of hydrogen-bond acceptors (Lipinski definition) is 4. The van der Waals surface area contributed by atoms with Crippen LogP contribution in [-0.2, 0) is 24.2 Å². The van der Waals surface area contributed by atoms with E-state index in [2.05, 4.69) is 31.4 Å². The Bertz CT molecular complexity index is 802. The summed E-state index contributed by atoms with van der Waals surface area (Å²) in [6.45, 7) is 8.86. The van der Waals surface area contributed by atoms with Gasteiger partial charge in [0.25, 0.3) is 5.91 Å². The van der Waals surface area contributed by atoms with Crippen LogP contribution in [-0.4, -0.2) is 17.9 Å². The Balaban J connectivity index is 1.57. The zero-order valence-electron chi connectivity index (χ0n) is 16.4. The average molecular weight is 389 g/mol. The first kappa shape index (κ1) is 19.7. The molecule has 2 amide bonds. The number of fused-ring (bicyclic) bond motifs is 1. The zero-order valence-corrected chi connectivity index (χ0v) is 17.2. The molecular weight excluding hydrogens is 360 g/mol. The highest BCUT2D eigenvalue weighted by molar-refractivity contribution is 7.14. The molecule has 3 rings (SSSR count). The molecule has 0 saturated carbocycles. The molecule has 0 aromatic carbocycles. The summed E-state index contributed by atoms with van der Waals surface area (Å²) in [4.78, 5) is 26.8. The van der Waals surface area contributed by atoms with Crippen molar-refractivity contribution in [2.75, 3.05) is 0 Å². The minimum atomic E-state index is -0.603. The normalized spacial score (nSPS) is 17.9. The van der Waals surface area contributed by atoms with E-state index in [0.29, 0.717) is 23.1 Å². The highest BCUT2D eigenvalue weighted by Crippen LogP contribution is 2.40. The quantitative estimate of drug-likeness (QED) is 0.815. The Kier molecular flexibility index (Phi) is 5.75. The Labute approximate surface area is 164 Å². The van der Waals surface area contributed by atoms with Crippen molar-refractivity contribution < 1.29 is 14.0 Å². The first-order valence-corrected chi connectivity index (χ1v) is 10.3. The fraction of sp³-hybridized carbons (Fsp3) is 0.524. The van der Waals surface area contributed by atoms with Crippen LogP contribution in [0.1, 0.15) is 60.0 Å². The van der Waals surface area contributed by atoms with Crippen molar-refractivity contribution in [2.45, 2.75) is 59.5 Å². The molecule has 5 nitrogen and oxygen atoms in total. The summed E-state index contributed by atoms with van der Waals surface area (Å²) < 4.78 is 5.19. The van der Waals surface area contributed by atoms with Crippen molar-refractivity contribution in [1.82, 2.24) is 10.6 Å². The Morgan fingerprint density at radius 1 is 1.37 bits per heavy atom. The van der Waals surface area contributed by atoms with Gasteiger partial charge in [-0.2, -0.15) is 0 Å². The molecule has 27 heavy (non-hydrogen) atoms. The van der Waals surface area contributed by atoms with Crippen molar-refractivity contribution in [3.8, 4) is 0 Å². The number of carbonyl (C=O) groups excluding carboxylic acids is 2. The van der Waals surface area contributed by atoms with E-state index in [0.717, 1.165) is 12.8 Å². The average Bonchev–Trinajstić information content (AvgIpc) is 3.27. The zero-order chi connectivity index (χ0) is 19.6. The highest BCUT2D eigenvalue weighted by atomic mass is 32.1. The maximum Gasteiger partial charge on any atom is 0.262 e. The van der Waals surface area contributed by atoms with Gasteiger partial charge in [-0.15, -0.1) is 11.3 Å². The van der Waals surface area contributed by atoms with Crippen LogP contribution >= 0.6 is 11.3 Å². The van der Waals surface area contributed by atoms with Crippen molar-refractivity contribution >= 4 is 23.2 Å². The predicted molar refractivity (Wildman–Crippen MR) is 107 cm³/mol. The molecule has 1 aliphatic rings. The predicted octanol–water partition coefficient (Wildman–Crippen LogP) is 3.93. The third-order valence-electron chi connectivity index (χ3n) is 5.29. The summed E-state index contributed by atoms with van der Waals surface area (Å²) in [6, 6.07) is 4.98. The molecular formula is C21H28N2O3S. The summed E-state index contributed by atoms with van der Waals surface area (Å²) in [6.07, 6.45) is 4.80. The van der Waals surface area contributed by atoms with Crippen molar-refractivity contribution in [1.29, 1.82) is 0 Å². The van der Waals surface area contributed by atoms with Crippen LogP contribution in [0.15, 0.2) is 28.9 Å². The molecule has 2 aromatic rings. The minimum Gasteiger partial charge on any atom is -0.467 e. The Morgan fingerprint density at radius 2 is 2.15 bits per heavy atom. The fourth-order valence-corrected chi connectivity index (χ4v) is 4.56. The monoisotopic (exact) mass is 388 g/mol. The first-order valence-electron chi connectivity index (χ1n) is 9.46. The Hall–Kier alpha value is -2.08. The second-order valence-electron chi connectivity index (χ2n) is 8.36.